The molecule has 0 aliphatic carbocycles. The van der Waals surface area contributed by atoms with Crippen LogP contribution in [0, 0.1) is 0 Å². The zero-order chi connectivity index (χ0) is 17.2. The first-order valence-electron chi connectivity index (χ1n) is 7.96. The molecule has 0 atom stereocenters. The van der Waals surface area contributed by atoms with Crippen LogP contribution < -0.4 is 5.32 Å². The largest absolute Gasteiger partial charge is 0.472 e. The van der Waals surface area contributed by atoms with Gasteiger partial charge in [-0.25, -0.2) is 4.98 Å². The van der Waals surface area contributed by atoms with Gasteiger partial charge >= 0.3 is 0 Å². The van der Waals surface area contributed by atoms with Gasteiger partial charge < -0.3 is 4.42 Å². The molecule has 3 aromatic rings. The van der Waals surface area contributed by atoms with E-state index in [9.17, 15) is 4.79 Å². The molecule has 1 amide bonds. The number of halogens is 1. The van der Waals surface area contributed by atoms with Crippen molar-refractivity contribution < 1.29 is 9.21 Å². The number of nitrogens with one attached hydrogen (secondary N) is 1. The van der Waals surface area contributed by atoms with Crippen LogP contribution in [0.1, 0.15) is 26.5 Å². The van der Waals surface area contributed by atoms with E-state index in [0.29, 0.717) is 10.7 Å². The summed E-state index contributed by atoms with van der Waals surface area (Å²) in [5, 5.41) is 4.25. The van der Waals surface area contributed by atoms with Crippen LogP contribution in [0.4, 0.5) is 5.13 Å². The normalized spacial score (nSPS) is 14.3. The number of furan rings is 1. The Labute approximate surface area is 154 Å². The molecule has 0 saturated heterocycles. The van der Waals surface area contributed by atoms with Crippen LogP contribution in [0.2, 0.25) is 5.02 Å². The second-order valence-corrected chi connectivity index (χ2v) is 7.47. The molecule has 0 saturated carbocycles. The molecule has 5 nitrogen and oxygen atoms in total. The maximum absolute atomic E-state index is 12.1. The molecule has 25 heavy (non-hydrogen) atoms. The Morgan fingerprint density at radius 2 is 2.32 bits per heavy atom. The molecule has 4 rings (SSSR count). The maximum Gasteiger partial charge on any atom is 0.260 e. The van der Waals surface area contributed by atoms with E-state index < -0.39 is 0 Å². The maximum atomic E-state index is 12.1. The van der Waals surface area contributed by atoms with Crippen molar-refractivity contribution in [3.8, 4) is 0 Å². The van der Waals surface area contributed by atoms with Gasteiger partial charge in [0.2, 0.25) is 0 Å². The Kier molecular flexibility index (Phi) is 4.57. The van der Waals surface area contributed by atoms with Gasteiger partial charge in [-0.15, -0.1) is 11.3 Å². The number of thiazole rings is 1. The van der Waals surface area contributed by atoms with Crippen molar-refractivity contribution in [3.05, 3.63) is 69.6 Å². The highest BCUT2D eigenvalue weighted by molar-refractivity contribution is 7.15. The lowest BCUT2D eigenvalue weighted by Crippen LogP contribution is -2.29. The molecular formula is C18H16ClN3O2S. The molecule has 1 N–H and O–H groups in total. The number of hydrogen-bond donors (Lipinski definition) is 1. The summed E-state index contributed by atoms with van der Waals surface area (Å²) in [6.07, 6.45) is 3.79. The number of hydrogen-bond acceptors (Lipinski definition) is 5. The quantitative estimate of drug-likeness (QED) is 0.744. The Bertz CT molecular complexity index is 892. The fourth-order valence-corrected chi connectivity index (χ4v) is 4.15. The average Bonchev–Trinajstić information content (AvgIpc) is 3.23. The molecule has 1 aromatic carbocycles. The van der Waals surface area contributed by atoms with Crippen LogP contribution in [-0.2, 0) is 19.5 Å². The van der Waals surface area contributed by atoms with E-state index in [4.69, 9.17) is 16.0 Å². The molecule has 3 heterocycles. The summed E-state index contributed by atoms with van der Waals surface area (Å²) < 4.78 is 4.94. The monoisotopic (exact) mass is 373 g/mol. The molecule has 1 aliphatic heterocycles. The number of carbonyl (C=O) groups excluding carboxylic acids is 1. The standard InChI is InChI=1S/C18H16ClN3O2S/c19-14-3-1-2-12(8-14)9-22-6-4-15-16(10-22)25-18(20-15)21-17(23)13-5-7-24-11-13/h1-3,5,7-8,11H,4,6,9-10H2,(H,20,21,23). The fraction of sp³-hybridized carbons (Fsp3) is 0.222. The number of rotatable bonds is 4. The highest BCUT2D eigenvalue weighted by atomic mass is 35.5. The highest BCUT2D eigenvalue weighted by Crippen LogP contribution is 2.29. The van der Waals surface area contributed by atoms with Gasteiger partial charge in [-0.3, -0.25) is 15.0 Å². The minimum Gasteiger partial charge on any atom is -0.472 e. The second kappa shape index (κ2) is 7.00. The lowest BCUT2D eigenvalue weighted by Gasteiger charge is -2.25. The number of fused-ring (bicyclic) bond motifs is 1. The highest BCUT2D eigenvalue weighted by Gasteiger charge is 2.22. The first-order valence-corrected chi connectivity index (χ1v) is 9.16. The van der Waals surface area contributed by atoms with Crippen LogP contribution in [0.25, 0.3) is 0 Å². The predicted molar refractivity (Wildman–Crippen MR) is 98.0 cm³/mol. The van der Waals surface area contributed by atoms with Crippen molar-refractivity contribution in [1.82, 2.24) is 9.88 Å². The summed E-state index contributed by atoms with van der Waals surface area (Å²) in [5.41, 5.74) is 2.78. The number of anilines is 1. The van der Waals surface area contributed by atoms with Gasteiger partial charge in [0.05, 0.1) is 17.5 Å². The Morgan fingerprint density at radius 1 is 1.40 bits per heavy atom. The van der Waals surface area contributed by atoms with Crippen molar-refractivity contribution in [2.75, 3.05) is 11.9 Å². The van der Waals surface area contributed by atoms with Crippen molar-refractivity contribution in [1.29, 1.82) is 0 Å². The fourth-order valence-electron chi connectivity index (χ4n) is 2.89. The van der Waals surface area contributed by atoms with Crippen LogP contribution in [-0.4, -0.2) is 22.3 Å². The van der Waals surface area contributed by atoms with Crippen LogP contribution in [0.5, 0.6) is 0 Å². The van der Waals surface area contributed by atoms with E-state index in [0.717, 1.165) is 36.8 Å². The number of carbonyl (C=O) groups is 1. The third-order valence-electron chi connectivity index (χ3n) is 4.11. The molecule has 1 aliphatic rings. The van der Waals surface area contributed by atoms with E-state index >= 15 is 0 Å². The first kappa shape index (κ1) is 16.3. The molecule has 2 aromatic heterocycles. The first-order chi connectivity index (χ1) is 12.2. The summed E-state index contributed by atoms with van der Waals surface area (Å²) in [4.78, 5) is 20.2. The number of amides is 1. The lowest BCUT2D eigenvalue weighted by atomic mass is 10.1. The van der Waals surface area contributed by atoms with Crippen LogP contribution >= 0.6 is 22.9 Å². The molecule has 128 valence electrons. The molecule has 0 radical (unpaired) electrons. The minimum absolute atomic E-state index is 0.198. The van der Waals surface area contributed by atoms with Crippen molar-refractivity contribution in [2.24, 2.45) is 0 Å². The van der Waals surface area contributed by atoms with Gasteiger partial charge in [0.1, 0.15) is 6.26 Å². The third-order valence-corrected chi connectivity index (χ3v) is 5.34. The van der Waals surface area contributed by atoms with Gasteiger partial charge in [0.15, 0.2) is 5.13 Å². The van der Waals surface area contributed by atoms with Crippen LogP contribution in [0.15, 0.2) is 47.3 Å². The van der Waals surface area contributed by atoms with E-state index in [1.54, 1.807) is 6.07 Å². The van der Waals surface area contributed by atoms with E-state index in [-0.39, 0.29) is 5.91 Å². The van der Waals surface area contributed by atoms with Gasteiger partial charge in [-0.1, -0.05) is 23.7 Å². The zero-order valence-electron chi connectivity index (χ0n) is 13.4. The molecule has 0 spiro atoms. The number of benzene rings is 1. The van der Waals surface area contributed by atoms with E-state index in [2.05, 4.69) is 21.3 Å². The molecule has 7 heteroatoms. The van der Waals surface area contributed by atoms with Gasteiger partial charge in [-0.2, -0.15) is 0 Å². The Hall–Kier alpha value is -2.15. The van der Waals surface area contributed by atoms with E-state index in [1.807, 2.05) is 18.2 Å². The third kappa shape index (κ3) is 3.76. The summed E-state index contributed by atoms with van der Waals surface area (Å²) in [7, 11) is 0. The second-order valence-electron chi connectivity index (χ2n) is 5.95. The topological polar surface area (TPSA) is 58.4 Å². The van der Waals surface area contributed by atoms with Gasteiger partial charge in [0.25, 0.3) is 5.91 Å². The molecule has 0 bridgehead atoms. The Morgan fingerprint density at radius 3 is 3.12 bits per heavy atom. The van der Waals surface area contributed by atoms with Crippen molar-refractivity contribution in [2.45, 2.75) is 19.5 Å². The molecule has 0 unspecified atom stereocenters. The number of aromatic nitrogens is 1. The van der Waals surface area contributed by atoms with Crippen molar-refractivity contribution in [3.63, 3.8) is 0 Å². The summed E-state index contributed by atoms with van der Waals surface area (Å²) >= 11 is 7.60. The van der Waals surface area contributed by atoms with Gasteiger partial charge in [0, 0.05) is 36.0 Å². The predicted octanol–water partition coefficient (Wildman–Crippen LogP) is 4.20. The Balaban J connectivity index is 1.43. The van der Waals surface area contributed by atoms with Gasteiger partial charge in [-0.05, 0) is 23.8 Å². The van der Waals surface area contributed by atoms with Crippen molar-refractivity contribution >= 4 is 34.0 Å². The molecule has 0 fully saturated rings. The average molecular weight is 374 g/mol. The number of nitrogens with zero attached hydrogens (tertiary/aromatic N) is 2. The van der Waals surface area contributed by atoms with E-state index in [1.165, 1.54) is 34.3 Å². The molecular weight excluding hydrogens is 358 g/mol. The summed E-state index contributed by atoms with van der Waals surface area (Å²) in [5.74, 6) is -0.198. The smallest absolute Gasteiger partial charge is 0.260 e. The van der Waals surface area contributed by atoms with Crippen LogP contribution in [0.3, 0.4) is 0 Å². The lowest BCUT2D eigenvalue weighted by molar-refractivity contribution is 0.102. The summed E-state index contributed by atoms with van der Waals surface area (Å²) in [6, 6.07) is 9.58. The zero-order valence-corrected chi connectivity index (χ0v) is 14.9. The minimum atomic E-state index is -0.198. The SMILES string of the molecule is O=C(Nc1nc2c(s1)CN(Cc1cccc(Cl)c1)CC2)c1ccoc1. The summed E-state index contributed by atoms with van der Waals surface area (Å²) in [6.45, 7) is 2.63.